The lowest BCUT2D eigenvalue weighted by molar-refractivity contribution is 0.102. The number of methoxy groups -OCH3 is 2. The summed E-state index contributed by atoms with van der Waals surface area (Å²) < 4.78 is 24.2. The van der Waals surface area contributed by atoms with Gasteiger partial charge in [0.15, 0.2) is 0 Å². The second kappa shape index (κ2) is 8.18. The smallest absolute Gasteiger partial charge is 0.257 e. The largest absolute Gasteiger partial charge is 0.497 e. The van der Waals surface area contributed by atoms with Crippen LogP contribution in [0.5, 0.6) is 11.5 Å². The van der Waals surface area contributed by atoms with Crippen molar-refractivity contribution in [3.05, 3.63) is 72.3 Å². The number of aromatic nitrogens is 1. The van der Waals surface area contributed by atoms with Crippen molar-refractivity contribution in [1.29, 1.82) is 0 Å². The maximum Gasteiger partial charge on any atom is 0.257 e. The average Bonchev–Trinajstić information content (AvgIpc) is 2.70. The standard InChI is InChI=1S/C20H18FN3O3/c1-26-15-7-8-18(19(10-15)27-2)23-14-9-13(11-22-12-14)20(25)24-17-6-4-3-5-16(17)21/h3-12,23H,1-2H3,(H,24,25). The molecule has 6 nitrogen and oxygen atoms in total. The predicted octanol–water partition coefficient (Wildman–Crippen LogP) is 4.23. The van der Waals surface area contributed by atoms with Gasteiger partial charge in [-0.1, -0.05) is 12.1 Å². The van der Waals surface area contributed by atoms with E-state index in [1.807, 2.05) is 0 Å². The molecule has 0 saturated carbocycles. The van der Waals surface area contributed by atoms with E-state index < -0.39 is 11.7 Å². The second-order valence-electron chi connectivity index (χ2n) is 5.59. The SMILES string of the molecule is COc1ccc(Nc2cncc(C(=O)Nc3ccccc3F)c2)c(OC)c1. The van der Waals surface area contributed by atoms with E-state index in [9.17, 15) is 9.18 Å². The van der Waals surface area contributed by atoms with Crippen molar-refractivity contribution >= 4 is 23.0 Å². The van der Waals surface area contributed by atoms with Crippen molar-refractivity contribution in [1.82, 2.24) is 4.98 Å². The third-order valence-corrected chi connectivity index (χ3v) is 3.81. The van der Waals surface area contributed by atoms with Gasteiger partial charge in [0, 0.05) is 12.3 Å². The Kier molecular flexibility index (Phi) is 5.51. The van der Waals surface area contributed by atoms with Gasteiger partial charge in [0.05, 0.1) is 43.0 Å². The molecule has 1 heterocycles. The van der Waals surface area contributed by atoms with E-state index in [-0.39, 0.29) is 11.3 Å². The maximum atomic E-state index is 13.7. The molecule has 7 heteroatoms. The Labute approximate surface area is 156 Å². The lowest BCUT2D eigenvalue weighted by atomic mass is 10.2. The summed E-state index contributed by atoms with van der Waals surface area (Å²) >= 11 is 0. The van der Waals surface area contributed by atoms with Crippen LogP contribution >= 0.6 is 0 Å². The average molecular weight is 367 g/mol. The lowest BCUT2D eigenvalue weighted by Crippen LogP contribution is -2.13. The number of pyridine rings is 1. The van der Waals surface area contributed by atoms with Crippen LogP contribution in [0.4, 0.5) is 21.5 Å². The van der Waals surface area contributed by atoms with Crippen LogP contribution in [0.3, 0.4) is 0 Å². The van der Waals surface area contributed by atoms with Crippen molar-refractivity contribution in [3.63, 3.8) is 0 Å². The van der Waals surface area contributed by atoms with Crippen LogP contribution in [-0.4, -0.2) is 25.1 Å². The topological polar surface area (TPSA) is 72.5 Å². The molecule has 0 aliphatic rings. The third kappa shape index (κ3) is 4.33. The molecule has 0 fully saturated rings. The molecule has 0 saturated heterocycles. The van der Waals surface area contributed by atoms with Gasteiger partial charge in [-0.05, 0) is 30.3 Å². The van der Waals surface area contributed by atoms with Crippen molar-refractivity contribution in [2.24, 2.45) is 0 Å². The number of anilines is 3. The van der Waals surface area contributed by atoms with E-state index in [2.05, 4.69) is 15.6 Å². The number of amides is 1. The van der Waals surface area contributed by atoms with Gasteiger partial charge < -0.3 is 20.1 Å². The van der Waals surface area contributed by atoms with Crippen LogP contribution in [0.1, 0.15) is 10.4 Å². The molecule has 2 aromatic carbocycles. The minimum absolute atomic E-state index is 0.109. The highest BCUT2D eigenvalue weighted by molar-refractivity contribution is 6.04. The summed E-state index contributed by atoms with van der Waals surface area (Å²) in [5.74, 6) is 0.276. The van der Waals surface area contributed by atoms with Crippen molar-refractivity contribution < 1.29 is 18.7 Å². The molecule has 0 aliphatic carbocycles. The van der Waals surface area contributed by atoms with Crippen LogP contribution in [0.25, 0.3) is 0 Å². The van der Waals surface area contributed by atoms with Gasteiger partial charge in [-0.3, -0.25) is 9.78 Å². The molecule has 0 unspecified atom stereocenters. The van der Waals surface area contributed by atoms with Crippen LogP contribution < -0.4 is 20.1 Å². The number of nitrogens with one attached hydrogen (secondary N) is 2. The van der Waals surface area contributed by atoms with Crippen molar-refractivity contribution in [3.8, 4) is 11.5 Å². The predicted molar refractivity (Wildman–Crippen MR) is 101 cm³/mol. The van der Waals surface area contributed by atoms with E-state index in [4.69, 9.17) is 9.47 Å². The molecular formula is C20H18FN3O3. The highest BCUT2D eigenvalue weighted by atomic mass is 19.1. The fourth-order valence-electron chi connectivity index (χ4n) is 2.45. The van der Waals surface area contributed by atoms with Crippen LogP contribution in [0, 0.1) is 5.82 Å². The molecule has 0 bridgehead atoms. The Balaban J connectivity index is 1.80. The first-order valence-corrected chi connectivity index (χ1v) is 8.10. The summed E-state index contributed by atoms with van der Waals surface area (Å²) in [6, 6.07) is 12.9. The molecule has 2 N–H and O–H groups in total. The Hall–Kier alpha value is -3.61. The van der Waals surface area contributed by atoms with Gasteiger partial charge in [-0.25, -0.2) is 4.39 Å². The van der Waals surface area contributed by atoms with Crippen LogP contribution in [0.2, 0.25) is 0 Å². The molecule has 138 valence electrons. The molecule has 0 atom stereocenters. The number of carbonyl (C=O) groups is 1. The zero-order valence-corrected chi connectivity index (χ0v) is 14.8. The molecular weight excluding hydrogens is 349 g/mol. The summed E-state index contributed by atoms with van der Waals surface area (Å²) in [4.78, 5) is 16.5. The molecule has 3 aromatic rings. The molecule has 0 spiro atoms. The first-order valence-electron chi connectivity index (χ1n) is 8.10. The van der Waals surface area contributed by atoms with E-state index in [1.165, 1.54) is 18.3 Å². The fourth-order valence-corrected chi connectivity index (χ4v) is 2.45. The van der Waals surface area contributed by atoms with E-state index >= 15 is 0 Å². The number of nitrogens with zero attached hydrogens (tertiary/aromatic N) is 1. The van der Waals surface area contributed by atoms with Gasteiger partial charge in [-0.15, -0.1) is 0 Å². The van der Waals surface area contributed by atoms with Gasteiger partial charge in [0.25, 0.3) is 5.91 Å². The monoisotopic (exact) mass is 367 g/mol. The third-order valence-electron chi connectivity index (χ3n) is 3.81. The molecule has 3 rings (SSSR count). The zero-order valence-electron chi connectivity index (χ0n) is 14.8. The molecule has 27 heavy (non-hydrogen) atoms. The number of ether oxygens (including phenoxy) is 2. The summed E-state index contributed by atoms with van der Waals surface area (Å²) in [6.45, 7) is 0. The second-order valence-corrected chi connectivity index (χ2v) is 5.59. The first kappa shape index (κ1) is 18.2. The number of benzene rings is 2. The summed E-state index contributed by atoms with van der Waals surface area (Å²) in [5, 5.41) is 5.68. The normalized spacial score (nSPS) is 10.2. The Morgan fingerprint density at radius 3 is 2.56 bits per heavy atom. The first-order chi connectivity index (χ1) is 13.1. The van der Waals surface area contributed by atoms with E-state index in [1.54, 1.807) is 56.8 Å². The number of para-hydroxylation sites is 1. The Bertz CT molecular complexity index is 963. The van der Waals surface area contributed by atoms with Crippen molar-refractivity contribution in [2.45, 2.75) is 0 Å². The van der Waals surface area contributed by atoms with Crippen LogP contribution in [-0.2, 0) is 0 Å². The highest BCUT2D eigenvalue weighted by Crippen LogP contribution is 2.31. The number of halogens is 1. The van der Waals surface area contributed by atoms with Gasteiger partial charge in [0.2, 0.25) is 0 Å². The molecule has 0 aliphatic heterocycles. The summed E-state index contributed by atoms with van der Waals surface area (Å²) in [7, 11) is 3.12. The number of hydrogen-bond acceptors (Lipinski definition) is 5. The minimum atomic E-state index is -0.504. The van der Waals surface area contributed by atoms with Gasteiger partial charge >= 0.3 is 0 Å². The maximum absolute atomic E-state index is 13.7. The zero-order chi connectivity index (χ0) is 19.2. The Morgan fingerprint density at radius 1 is 1.00 bits per heavy atom. The number of hydrogen-bond donors (Lipinski definition) is 2. The van der Waals surface area contributed by atoms with Crippen molar-refractivity contribution in [2.75, 3.05) is 24.9 Å². The fraction of sp³-hybridized carbons (Fsp3) is 0.100. The van der Waals surface area contributed by atoms with E-state index in [0.29, 0.717) is 22.9 Å². The number of carbonyl (C=O) groups excluding carboxylic acids is 1. The molecule has 1 aromatic heterocycles. The van der Waals surface area contributed by atoms with Gasteiger partial charge in [0.1, 0.15) is 17.3 Å². The number of rotatable bonds is 6. The molecule has 1 amide bonds. The molecule has 0 radical (unpaired) electrons. The summed E-state index contributed by atoms with van der Waals surface area (Å²) in [6.07, 6.45) is 2.98. The van der Waals surface area contributed by atoms with Crippen LogP contribution in [0.15, 0.2) is 60.9 Å². The summed E-state index contributed by atoms with van der Waals surface area (Å²) in [5.41, 5.74) is 1.67. The highest BCUT2D eigenvalue weighted by Gasteiger charge is 2.11. The quantitative estimate of drug-likeness (QED) is 0.682. The van der Waals surface area contributed by atoms with Gasteiger partial charge in [-0.2, -0.15) is 0 Å². The van der Waals surface area contributed by atoms with E-state index in [0.717, 1.165) is 0 Å². The lowest BCUT2D eigenvalue weighted by Gasteiger charge is -2.13. The Morgan fingerprint density at radius 2 is 1.81 bits per heavy atom. The minimum Gasteiger partial charge on any atom is -0.497 e.